The first kappa shape index (κ1) is 19.8. The van der Waals surface area contributed by atoms with Gasteiger partial charge in [0.25, 0.3) is 0 Å². The molecule has 0 saturated carbocycles. The highest BCUT2D eigenvalue weighted by atomic mass is 32.2. The van der Waals surface area contributed by atoms with Gasteiger partial charge in [-0.15, -0.1) is 11.3 Å². The van der Waals surface area contributed by atoms with Crippen molar-refractivity contribution < 1.29 is 22.0 Å². The van der Waals surface area contributed by atoms with Crippen molar-refractivity contribution in [2.24, 2.45) is 5.92 Å². The maximum atomic E-state index is 13.2. The van der Waals surface area contributed by atoms with Gasteiger partial charge in [0.1, 0.15) is 0 Å². The van der Waals surface area contributed by atoms with Gasteiger partial charge in [-0.05, 0) is 43.4 Å². The van der Waals surface area contributed by atoms with Gasteiger partial charge < -0.3 is 5.32 Å². The van der Waals surface area contributed by atoms with Crippen LogP contribution in [0.5, 0.6) is 0 Å². The number of hydrogen-bond acceptors (Lipinski definition) is 5. The van der Waals surface area contributed by atoms with E-state index in [0.29, 0.717) is 17.1 Å². The number of fused-ring (bicyclic) bond motifs is 1. The van der Waals surface area contributed by atoms with E-state index in [1.54, 1.807) is 0 Å². The third-order valence-electron chi connectivity index (χ3n) is 4.28. The molecule has 3 rings (SSSR count). The molecule has 0 bridgehead atoms. The maximum Gasteiger partial charge on any atom is 0.240 e. The minimum atomic E-state index is -4.03. The van der Waals surface area contributed by atoms with Crippen LogP contribution in [-0.2, 0) is 27.7 Å². The molecule has 0 spiro atoms. The van der Waals surface area contributed by atoms with Gasteiger partial charge in [-0.3, -0.25) is 4.79 Å². The molecule has 27 heavy (non-hydrogen) atoms. The van der Waals surface area contributed by atoms with Gasteiger partial charge in [0.2, 0.25) is 15.9 Å². The van der Waals surface area contributed by atoms with E-state index < -0.39 is 26.6 Å². The van der Waals surface area contributed by atoms with Crippen LogP contribution in [0.3, 0.4) is 0 Å². The maximum absolute atomic E-state index is 13.2. The average molecular weight is 415 g/mol. The summed E-state index contributed by atoms with van der Waals surface area (Å²) in [6.07, 6.45) is 2.83. The fourth-order valence-electron chi connectivity index (χ4n) is 2.80. The molecule has 1 unspecified atom stereocenters. The molecular formula is C17H19F2N3O3S2. The van der Waals surface area contributed by atoms with E-state index >= 15 is 0 Å². The Morgan fingerprint density at radius 3 is 2.85 bits per heavy atom. The summed E-state index contributed by atoms with van der Waals surface area (Å²) >= 11 is 1.45. The summed E-state index contributed by atoms with van der Waals surface area (Å²) in [7, 11) is -4.03. The summed E-state index contributed by atoms with van der Waals surface area (Å²) in [5.41, 5.74) is 1.02. The summed E-state index contributed by atoms with van der Waals surface area (Å²) in [6.45, 7) is 2.01. The molecule has 1 heterocycles. The van der Waals surface area contributed by atoms with Gasteiger partial charge in [-0.2, -0.15) is 0 Å². The number of carbonyl (C=O) groups is 1. The number of nitrogens with one attached hydrogen (secondary N) is 2. The number of benzene rings is 1. The van der Waals surface area contributed by atoms with E-state index in [-0.39, 0.29) is 18.9 Å². The molecule has 0 fully saturated rings. The molecule has 2 N–H and O–H groups in total. The summed E-state index contributed by atoms with van der Waals surface area (Å²) in [5, 5.41) is 3.20. The number of sulfonamides is 1. The van der Waals surface area contributed by atoms with Crippen LogP contribution < -0.4 is 10.0 Å². The van der Waals surface area contributed by atoms with E-state index in [9.17, 15) is 22.0 Å². The SMILES string of the molecule is CC1CCc2nc(NC(=O)CCNS(=O)(=O)c3ccc(F)c(F)c3)sc2C1. The Balaban J connectivity index is 1.53. The van der Waals surface area contributed by atoms with Crippen LogP contribution in [0.1, 0.15) is 30.3 Å². The normalized spacial score (nSPS) is 16.8. The van der Waals surface area contributed by atoms with Crippen LogP contribution in [-0.4, -0.2) is 25.9 Å². The first-order chi connectivity index (χ1) is 12.7. The first-order valence-electron chi connectivity index (χ1n) is 8.48. The zero-order chi connectivity index (χ0) is 19.6. The lowest BCUT2D eigenvalue weighted by atomic mass is 9.93. The number of halogens is 2. The molecular weight excluding hydrogens is 396 g/mol. The highest BCUT2D eigenvalue weighted by Crippen LogP contribution is 2.32. The Kier molecular flexibility index (Phi) is 5.87. The first-order valence-corrected chi connectivity index (χ1v) is 10.8. The van der Waals surface area contributed by atoms with Crippen LogP contribution in [0.15, 0.2) is 23.1 Å². The minimum absolute atomic E-state index is 0.108. The number of amides is 1. The van der Waals surface area contributed by atoms with Crippen LogP contribution in [0.2, 0.25) is 0 Å². The monoisotopic (exact) mass is 415 g/mol. The highest BCUT2D eigenvalue weighted by molar-refractivity contribution is 7.89. The predicted molar refractivity (Wildman–Crippen MR) is 98.1 cm³/mol. The number of nitrogens with zero attached hydrogens (tertiary/aromatic N) is 1. The minimum Gasteiger partial charge on any atom is -0.302 e. The Morgan fingerprint density at radius 2 is 2.11 bits per heavy atom. The quantitative estimate of drug-likeness (QED) is 0.759. The lowest BCUT2D eigenvalue weighted by Gasteiger charge is -2.15. The third kappa shape index (κ3) is 4.88. The Labute approximate surface area is 160 Å². The fourth-order valence-corrected chi connectivity index (χ4v) is 5.03. The smallest absolute Gasteiger partial charge is 0.240 e. The van der Waals surface area contributed by atoms with Gasteiger partial charge in [-0.25, -0.2) is 26.9 Å². The lowest BCUT2D eigenvalue weighted by molar-refractivity contribution is -0.116. The van der Waals surface area contributed by atoms with Crippen LogP contribution in [0.25, 0.3) is 0 Å². The number of rotatable bonds is 6. The standard InChI is InChI=1S/C17H19F2N3O3S2/c1-10-2-5-14-15(8-10)26-17(21-14)22-16(23)6-7-20-27(24,25)11-3-4-12(18)13(19)9-11/h3-4,9-10,20H,2,5-8H2,1H3,(H,21,22,23). The lowest BCUT2D eigenvalue weighted by Crippen LogP contribution is -2.28. The van der Waals surface area contributed by atoms with Crippen molar-refractivity contribution in [3.05, 3.63) is 40.4 Å². The average Bonchev–Trinajstić information content (AvgIpc) is 2.98. The molecule has 0 radical (unpaired) electrons. The van der Waals surface area contributed by atoms with Gasteiger partial charge in [-0.1, -0.05) is 6.92 Å². The molecule has 1 amide bonds. The number of thiazole rings is 1. The van der Waals surface area contributed by atoms with Crippen molar-refractivity contribution in [3.8, 4) is 0 Å². The summed E-state index contributed by atoms with van der Waals surface area (Å²) in [6, 6.07) is 2.29. The predicted octanol–water partition coefficient (Wildman–Crippen LogP) is 2.85. The summed E-state index contributed by atoms with van der Waals surface area (Å²) < 4.78 is 52.4. The molecule has 146 valence electrons. The van der Waals surface area contributed by atoms with E-state index in [1.165, 1.54) is 16.2 Å². The van der Waals surface area contributed by atoms with Gasteiger partial charge in [0.15, 0.2) is 16.8 Å². The Hall–Kier alpha value is -1.91. The van der Waals surface area contributed by atoms with Crippen molar-refractivity contribution in [1.82, 2.24) is 9.71 Å². The Bertz CT molecular complexity index is 960. The van der Waals surface area contributed by atoms with Crippen molar-refractivity contribution >= 4 is 32.4 Å². The molecule has 0 aliphatic heterocycles. The fraction of sp³-hybridized carbons (Fsp3) is 0.412. The van der Waals surface area contributed by atoms with Gasteiger partial charge in [0, 0.05) is 17.8 Å². The Morgan fingerprint density at radius 1 is 1.33 bits per heavy atom. The number of aromatic nitrogens is 1. The van der Waals surface area contributed by atoms with Crippen molar-refractivity contribution in [2.45, 2.75) is 37.5 Å². The second kappa shape index (κ2) is 7.99. The van der Waals surface area contributed by atoms with E-state index in [0.717, 1.165) is 37.1 Å². The van der Waals surface area contributed by atoms with Crippen molar-refractivity contribution in [2.75, 3.05) is 11.9 Å². The number of carbonyl (C=O) groups excluding carboxylic acids is 1. The largest absolute Gasteiger partial charge is 0.302 e. The molecule has 0 saturated heterocycles. The second-order valence-electron chi connectivity index (χ2n) is 6.51. The van der Waals surface area contributed by atoms with Gasteiger partial charge >= 0.3 is 0 Å². The summed E-state index contributed by atoms with van der Waals surface area (Å²) in [5.74, 6) is -2.15. The molecule has 2 aromatic rings. The van der Waals surface area contributed by atoms with Crippen molar-refractivity contribution in [1.29, 1.82) is 0 Å². The number of hydrogen-bond donors (Lipinski definition) is 2. The van der Waals surface area contributed by atoms with Crippen LogP contribution >= 0.6 is 11.3 Å². The van der Waals surface area contributed by atoms with E-state index in [1.807, 2.05) is 0 Å². The zero-order valence-corrected chi connectivity index (χ0v) is 16.2. The molecule has 1 aliphatic rings. The van der Waals surface area contributed by atoms with E-state index in [4.69, 9.17) is 0 Å². The van der Waals surface area contributed by atoms with E-state index in [2.05, 4.69) is 21.9 Å². The zero-order valence-electron chi connectivity index (χ0n) is 14.6. The molecule has 1 atom stereocenters. The highest BCUT2D eigenvalue weighted by Gasteiger charge is 2.21. The second-order valence-corrected chi connectivity index (χ2v) is 9.36. The molecule has 1 aromatic heterocycles. The molecule has 1 aromatic carbocycles. The summed E-state index contributed by atoms with van der Waals surface area (Å²) in [4.78, 5) is 17.2. The third-order valence-corrected chi connectivity index (χ3v) is 6.77. The molecule has 10 heteroatoms. The molecule has 6 nitrogen and oxygen atoms in total. The molecule has 1 aliphatic carbocycles. The van der Waals surface area contributed by atoms with Gasteiger partial charge in [0.05, 0.1) is 10.6 Å². The number of anilines is 1. The van der Waals surface area contributed by atoms with Crippen molar-refractivity contribution in [3.63, 3.8) is 0 Å². The van der Waals surface area contributed by atoms with Crippen LogP contribution in [0, 0.1) is 17.6 Å². The number of aryl methyl sites for hydroxylation is 1. The topological polar surface area (TPSA) is 88.2 Å². The van der Waals surface area contributed by atoms with Crippen LogP contribution in [0.4, 0.5) is 13.9 Å².